The van der Waals surface area contributed by atoms with E-state index in [1.54, 1.807) is 6.20 Å². The van der Waals surface area contributed by atoms with Crippen molar-refractivity contribution < 1.29 is 4.74 Å². The Morgan fingerprint density at radius 3 is 2.57 bits per heavy atom. The Balaban J connectivity index is 1.45. The zero-order chi connectivity index (χ0) is 19.3. The quantitative estimate of drug-likeness (QED) is 0.681. The number of nitrogens with zero attached hydrogens (tertiary/aromatic N) is 2. The normalized spacial score (nSPS) is 18.9. The van der Waals surface area contributed by atoms with E-state index in [0.717, 1.165) is 18.6 Å². The first-order chi connectivity index (χ1) is 13.7. The topological polar surface area (TPSA) is 56.1 Å². The molecule has 2 unspecified atom stereocenters. The Morgan fingerprint density at radius 1 is 1.11 bits per heavy atom. The van der Waals surface area contributed by atoms with Crippen molar-refractivity contribution in [2.24, 2.45) is 5.92 Å². The summed E-state index contributed by atoms with van der Waals surface area (Å²) in [6.45, 7) is 1.80. The molecule has 1 saturated heterocycles. The molecule has 5 nitrogen and oxygen atoms in total. The minimum Gasteiger partial charge on any atom is -0.382 e. The van der Waals surface area contributed by atoms with Crippen LogP contribution < -0.4 is 10.9 Å². The van der Waals surface area contributed by atoms with E-state index in [-0.39, 0.29) is 16.7 Å². The van der Waals surface area contributed by atoms with E-state index in [1.807, 2.05) is 48.5 Å². The zero-order valence-corrected chi connectivity index (χ0v) is 16.2. The number of benzene rings is 2. The summed E-state index contributed by atoms with van der Waals surface area (Å²) >= 11 is 6.34. The van der Waals surface area contributed by atoms with E-state index in [9.17, 15) is 4.79 Å². The van der Waals surface area contributed by atoms with Crippen molar-refractivity contribution in [1.29, 1.82) is 0 Å². The summed E-state index contributed by atoms with van der Waals surface area (Å²) in [6.07, 6.45) is 2.64. The third kappa shape index (κ3) is 4.11. The number of ether oxygens (including phenoxy) is 1. The zero-order valence-electron chi connectivity index (χ0n) is 15.4. The fourth-order valence-corrected chi connectivity index (χ4v) is 3.77. The summed E-state index contributed by atoms with van der Waals surface area (Å²) in [5, 5.41) is 7.75. The van der Waals surface area contributed by atoms with Gasteiger partial charge in [0.2, 0.25) is 0 Å². The monoisotopic (exact) mass is 395 g/mol. The van der Waals surface area contributed by atoms with Gasteiger partial charge in [0.25, 0.3) is 5.56 Å². The Morgan fingerprint density at radius 2 is 1.82 bits per heavy atom. The summed E-state index contributed by atoms with van der Waals surface area (Å²) in [4.78, 5) is 12.6. The van der Waals surface area contributed by atoms with Gasteiger partial charge in [-0.2, -0.15) is 5.10 Å². The third-order valence-corrected chi connectivity index (χ3v) is 5.42. The number of halogens is 1. The molecule has 0 radical (unpaired) electrons. The summed E-state index contributed by atoms with van der Waals surface area (Å²) < 4.78 is 7.31. The second-order valence-corrected chi connectivity index (χ2v) is 7.33. The molecule has 0 amide bonds. The highest BCUT2D eigenvalue weighted by Gasteiger charge is 2.29. The van der Waals surface area contributed by atoms with E-state index < -0.39 is 0 Å². The molecule has 1 N–H and O–H groups in total. The first-order valence-electron chi connectivity index (χ1n) is 9.42. The first kappa shape index (κ1) is 18.7. The van der Waals surface area contributed by atoms with Gasteiger partial charge in [0.15, 0.2) is 0 Å². The Kier molecular flexibility index (Phi) is 5.74. The molecule has 2 heterocycles. The second-order valence-electron chi connectivity index (χ2n) is 6.95. The molecule has 1 fully saturated rings. The van der Waals surface area contributed by atoms with Crippen LogP contribution in [0.3, 0.4) is 0 Å². The van der Waals surface area contributed by atoms with Crippen LogP contribution in [0.25, 0.3) is 0 Å². The van der Waals surface area contributed by atoms with Crippen LogP contribution in [0.2, 0.25) is 5.02 Å². The Labute approximate surface area is 168 Å². The molecule has 4 rings (SSSR count). The molecular weight excluding hydrogens is 374 g/mol. The lowest BCUT2D eigenvalue weighted by Crippen LogP contribution is -2.26. The van der Waals surface area contributed by atoms with Crippen molar-refractivity contribution in [1.82, 2.24) is 9.78 Å². The summed E-state index contributed by atoms with van der Waals surface area (Å²) in [5.41, 5.74) is 2.45. The van der Waals surface area contributed by atoms with E-state index in [4.69, 9.17) is 16.3 Å². The highest BCUT2D eigenvalue weighted by Crippen LogP contribution is 2.34. The fourth-order valence-electron chi connectivity index (χ4n) is 3.55. The van der Waals surface area contributed by atoms with Gasteiger partial charge in [-0.1, -0.05) is 72.3 Å². The maximum atomic E-state index is 12.6. The van der Waals surface area contributed by atoms with Crippen LogP contribution >= 0.6 is 11.6 Å². The molecule has 6 heteroatoms. The molecule has 2 atom stereocenters. The second kappa shape index (κ2) is 8.59. The highest BCUT2D eigenvalue weighted by atomic mass is 35.5. The van der Waals surface area contributed by atoms with Crippen molar-refractivity contribution in [2.75, 3.05) is 18.5 Å². The SMILES string of the molecule is O=c1c(Cl)c(NCC2CCOC2c2ccccc2)cnn1Cc1ccccc1. The minimum atomic E-state index is -0.294. The molecule has 1 aromatic heterocycles. The maximum Gasteiger partial charge on any atom is 0.287 e. The minimum absolute atomic E-state index is 0.0545. The average molecular weight is 396 g/mol. The van der Waals surface area contributed by atoms with Crippen molar-refractivity contribution >= 4 is 17.3 Å². The van der Waals surface area contributed by atoms with Gasteiger partial charge in [-0.05, 0) is 17.5 Å². The molecule has 1 aliphatic rings. The first-order valence-corrected chi connectivity index (χ1v) is 9.80. The van der Waals surface area contributed by atoms with Gasteiger partial charge in [0.1, 0.15) is 5.02 Å². The molecule has 0 bridgehead atoms. The van der Waals surface area contributed by atoms with Gasteiger partial charge in [0.05, 0.1) is 24.5 Å². The molecule has 3 aromatic rings. The van der Waals surface area contributed by atoms with Crippen LogP contribution in [0.1, 0.15) is 23.7 Å². The number of anilines is 1. The standard InChI is InChI=1S/C22H22ClN3O2/c23-20-19(14-25-26(22(20)27)15-16-7-3-1-4-8-16)24-13-18-11-12-28-21(18)17-9-5-2-6-10-17/h1-10,14,18,21,24H,11-13,15H2. The van der Waals surface area contributed by atoms with Crippen molar-refractivity contribution in [3.8, 4) is 0 Å². The lowest BCUT2D eigenvalue weighted by molar-refractivity contribution is 0.0933. The molecule has 144 valence electrons. The number of nitrogens with one attached hydrogen (secondary N) is 1. The maximum absolute atomic E-state index is 12.6. The van der Waals surface area contributed by atoms with Gasteiger partial charge in [-0.3, -0.25) is 4.79 Å². The van der Waals surface area contributed by atoms with Crippen molar-refractivity contribution in [3.63, 3.8) is 0 Å². The van der Waals surface area contributed by atoms with Crippen LogP contribution in [0.15, 0.2) is 71.7 Å². The van der Waals surface area contributed by atoms with Crippen LogP contribution in [-0.4, -0.2) is 22.9 Å². The lowest BCUT2D eigenvalue weighted by Gasteiger charge is -2.20. The number of aromatic nitrogens is 2. The molecule has 2 aromatic carbocycles. The van der Waals surface area contributed by atoms with Gasteiger partial charge in [-0.15, -0.1) is 0 Å². The van der Waals surface area contributed by atoms with E-state index in [1.165, 1.54) is 10.2 Å². The third-order valence-electron chi connectivity index (χ3n) is 5.06. The van der Waals surface area contributed by atoms with Gasteiger partial charge < -0.3 is 10.1 Å². The number of hydrogen-bond acceptors (Lipinski definition) is 4. The highest BCUT2D eigenvalue weighted by molar-refractivity contribution is 6.32. The predicted molar refractivity (Wildman–Crippen MR) is 111 cm³/mol. The lowest BCUT2D eigenvalue weighted by atomic mass is 9.95. The number of hydrogen-bond donors (Lipinski definition) is 1. The van der Waals surface area contributed by atoms with E-state index in [0.29, 0.717) is 24.7 Å². The predicted octanol–water partition coefficient (Wildman–Crippen LogP) is 4.13. The largest absolute Gasteiger partial charge is 0.382 e. The summed E-state index contributed by atoms with van der Waals surface area (Å²) in [5.74, 6) is 0.310. The molecule has 28 heavy (non-hydrogen) atoms. The number of rotatable bonds is 6. The van der Waals surface area contributed by atoms with Crippen LogP contribution in [0, 0.1) is 5.92 Å². The van der Waals surface area contributed by atoms with Crippen LogP contribution in [-0.2, 0) is 11.3 Å². The Bertz CT molecular complexity index is 976. The van der Waals surface area contributed by atoms with Gasteiger partial charge in [-0.25, -0.2) is 4.68 Å². The molecular formula is C22H22ClN3O2. The Hall–Kier alpha value is -2.63. The molecule has 0 aliphatic carbocycles. The van der Waals surface area contributed by atoms with Crippen molar-refractivity contribution in [2.45, 2.75) is 19.1 Å². The van der Waals surface area contributed by atoms with Crippen LogP contribution in [0.5, 0.6) is 0 Å². The average Bonchev–Trinajstić information content (AvgIpc) is 3.21. The molecule has 0 spiro atoms. The van der Waals surface area contributed by atoms with E-state index >= 15 is 0 Å². The van der Waals surface area contributed by atoms with Crippen LogP contribution in [0.4, 0.5) is 5.69 Å². The van der Waals surface area contributed by atoms with E-state index in [2.05, 4.69) is 22.5 Å². The smallest absolute Gasteiger partial charge is 0.287 e. The fraction of sp³-hybridized carbons (Fsp3) is 0.273. The summed E-state index contributed by atoms with van der Waals surface area (Å²) in [7, 11) is 0. The molecule has 1 aliphatic heterocycles. The van der Waals surface area contributed by atoms with Gasteiger partial charge in [0, 0.05) is 19.1 Å². The van der Waals surface area contributed by atoms with Crippen molar-refractivity contribution in [3.05, 3.63) is 93.4 Å². The molecule has 0 saturated carbocycles. The van der Waals surface area contributed by atoms with Gasteiger partial charge >= 0.3 is 0 Å². The summed E-state index contributed by atoms with van der Waals surface area (Å²) in [6, 6.07) is 19.9.